The molecule has 1 fully saturated rings. The van der Waals surface area contributed by atoms with Gasteiger partial charge in [-0.15, -0.1) is 0 Å². The van der Waals surface area contributed by atoms with Gasteiger partial charge in [-0.3, -0.25) is 0 Å². The molecule has 0 radical (unpaired) electrons. The number of rotatable bonds is 2. The van der Waals surface area contributed by atoms with E-state index in [9.17, 15) is 5.11 Å². The zero-order chi connectivity index (χ0) is 11.6. The molecule has 1 aromatic rings. The summed E-state index contributed by atoms with van der Waals surface area (Å²) >= 11 is 3.42. The molecule has 2 rings (SSSR count). The first-order valence-electron chi connectivity index (χ1n) is 5.68. The zero-order valence-corrected chi connectivity index (χ0v) is 11.0. The molecule has 88 valence electrons. The molecule has 1 saturated carbocycles. The SMILES string of the molecule is CO[C@]1(c2ccc(Br)cc2)CCCC[C@@H]1O. The minimum absolute atomic E-state index is 0.396. The van der Waals surface area contributed by atoms with E-state index in [1.807, 2.05) is 24.3 Å². The fourth-order valence-corrected chi connectivity index (χ4v) is 2.81. The molecular weight excluding hydrogens is 268 g/mol. The van der Waals surface area contributed by atoms with E-state index in [4.69, 9.17) is 4.74 Å². The van der Waals surface area contributed by atoms with E-state index in [0.29, 0.717) is 0 Å². The number of halogens is 1. The van der Waals surface area contributed by atoms with Gasteiger partial charge < -0.3 is 9.84 Å². The highest BCUT2D eigenvalue weighted by Crippen LogP contribution is 2.40. The van der Waals surface area contributed by atoms with Crippen LogP contribution in [-0.4, -0.2) is 18.3 Å². The molecule has 0 bridgehead atoms. The molecule has 0 aromatic heterocycles. The average Bonchev–Trinajstić information content (AvgIpc) is 2.31. The van der Waals surface area contributed by atoms with Gasteiger partial charge in [0, 0.05) is 11.6 Å². The summed E-state index contributed by atoms with van der Waals surface area (Å²) in [6.45, 7) is 0. The van der Waals surface area contributed by atoms with Crippen molar-refractivity contribution in [2.45, 2.75) is 37.4 Å². The number of aliphatic hydroxyl groups excluding tert-OH is 1. The molecule has 1 aliphatic carbocycles. The number of methoxy groups -OCH3 is 1. The van der Waals surface area contributed by atoms with Crippen molar-refractivity contribution >= 4 is 15.9 Å². The van der Waals surface area contributed by atoms with E-state index in [0.717, 1.165) is 35.7 Å². The van der Waals surface area contributed by atoms with E-state index in [2.05, 4.69) is 15.9 Å². The summed E-state index contributed by atoms with van der Waals surface area (Å²) in [7, 11) is 1.69. The van der Waals surface area contributed by atoms with Gasteiger partial charge in [0.15, 0.2) is 0 Å². The van der Waals surface area contributed by atoms with E-state index in [1.165, 1.54) is 0 Å². The second kappa shape index (κ2) is 4.86. The van der Waals surface area contributed by atoms with Crippen molar-refractivity contribution in [3.8, 4) is 0 Å². The Bertz CT molecular complexity index is 349. The van der Waals surface area contributed by atoms with Crippen molar-refractivity contribution in [3.63, 3.8) is 0 Å². The molecule has 3 heteroatoms. The molecule has 1 aromatic carbocycles. The van der Waals surface area contributed by atoms with Gasteiger partial charge in [-0.2, -0.15) is 0 Å². The maximum atomic E-state index is 10.2. The lowest BCUT2D eigenvalue weighted by Gasteiger charge is -2.40. The third-order valence-corrected chi connectivity index (χ3v) is 4.04. The Morgan fingerprint density at radius 1 is 1.31 bits per heavy atom. The predicted octanol–water partition coefficient (Wildman–Crippen LogP) is 3.23. The molecule has 0 spiro atoms. The first-order chi connectivity index (χ1) is 7.69. The van der Waals surface area contributed by atoms with Crippen LogP contribution in [0, 0.1) is 0 Å². The largest absolute Gasteiger partial charge is 0.390 e. The van der Waals surface area contributed by atoms with Crippen LogP contribution in [0.2, 0.25) is 0 Å². The fourth-order valence-electron chi connectivity index (χ4n) is 2.55. The Balaban J connectivity index is 2.36. The Morgan fingerprint density at radius 2 is 2.00 bits per heavy atom. The van der Waals surface area contributed by atoms with Gasteiger partial charge in [-0.05, 0) is 30.5 Å². The molecule has 2 atom stereocenters. The van der Waals surface area contributed by atoms with Gasteiger partial charge in [-0.25, -0.2) is 0 Å². The van der Waals surface area contributed by atoms with Crippen molar-refractivity contribution < 1.29 is 9.84 Å². The number of hydrogen-bond donors (Lipinski definition) is 1. The van der Waals surface area contributed by atoms with Crippen LogP contribution in [0.15, 0.2) is 28.7 Å². The van der Waals surface area contributed by atoms with E-state index in [-0.39, 0.29) is 0 Å². The van der Waals surface area contributed by atoms with Crippen LogP contribution in [0.5, 0.6) is 0 Å². The second-order valence-corrected chi connectivity index (χ2v) is 5.28. The van der Waals surface area contributed by atoms with Crippen molar-refractivity contribution in [1.29, 1.82) is 0 Å². The molecule has 2 nitrogen and oxygen atoms in total. The lowest BCUT2D eigenvalue weighted by atomic mass is 9.77. The monoisotopic (exact) mass is 284 g/mol. The Hall–Kier alpha value is -0.380. The summed E-state index contributed by atoms with van der Waals surface area (Å²) in [5, 5.41) is 10.2. The molecule has 0 heterocycles. The van der Waals surface area contributed by atoms with Crippen LogP contribution < -0.4 is 0 Å². The minimum atomic E-state index is -0.501. The summed E-state index contributed by atoms with van der Waals surface area (Å²) in [5.41, 5.74) is 0.573. The predicted molar refractivity (Wildman–Crippen MR) is 67.3 cm³/mol. The smallest absolute Gasteiger partial charge is 0.118 e. The lowest BCUT2D eigenvalue weighted by molar-refractivity contribution is -0.131. The molecule has 1 aliphatic rings. The summed E-state index contributed by atoms with van der Waals surface area (Å²) in [5.74, 6) is 0. The highest BCUT2D eigenvalue weighted by Gasteiger charge is 2.41. The molecular formula is C13H17BrO2. The summed E-state index contributed by atoms with van der Waals surface area (Å²) in [6.07, 6.45) is 3.52. The van der Waals surface area contributed by atoms with Gasteiger partial charge >= 0.3 is 0 Å². The zero-order valence-electron chi connectivity index (χ0n) is 9.45. The normalized spacial score (nSPS) is 30.3. The highest BCUT2D eigenvalue weighted by molar-refractivity contribution is 9.10. The summed E-state index contributed by atoms with van der Waals surface area (Å²) in [4.78, 5) is 0. The van der Waals surface area contributed by atoms with Crippen LogP contribution in [0.1, 0.15) is 31.2 Å². The topological polar surface area (TPSA) is 29.5 Å². The third-order valence-electron chi connectivity index (χ3n) is 3.51. The Morgan fingerprint density at radius 3 is 2.56 bits per heavy atom. The maximum absolute atomic E-state index is 10.2. The first-order valence-corrected chi connectivity index (χ1v) is 6.47. The fraction of sp³-hybridized carbons (Fsp3) is 0.538. The molecule has 16 heavy (non-hydrogen) atoms. The average molecular weight is 285 g/mol. The lowest BCUT2D eigenvalue weighted by Crippen LogP contribution is -2.43. The van der Waals surface area contributed by atoms with Crippen LogP contribution >= 0.6 is 15.9 Å². The van der Waals surface area contributed by atoms with Crippen molar-refractivity contribution in [3.05, 3.63) is 34.3 Å². The molecule has 0 aliphatic heterocycles. The minimum Gasteiger partial charge on any atom is -0.390 e. The van der Waals surface area contributed by atoms with Crippen LogP contribution in [0.3, 0.4) is 0 Å². The maximum Gasteiger partial charge on any atom is 0.118 e. The Labute approximate surface area is 105 Å². The Kier molecular flexibility index (Phi) is 3.67. The summed E-state index contributed by atoms with van der Waals surface area (Å²) in [6, 6.07) is 8.05. The number of ether oxygens (including phenoxy) is 1. The van der Waals surface area contributed by atoms with Crippen LogP contribution in [0.25, 0.3) is 0 Å². The van der Waals surface area contributed by atoms with E-state index in [1.54, 1.807) is 7.11 Å². The molecule has 0 saturated heterocycles. The first kappa shape index (κ1) is 12.1. The van der Waals surface area contributed by atoms with Gasteiger partial charge in [0.05, 0.1) is 6.10 Å². The van der Waals surface area contributed by atoms with Crippen LogP contribution in [-0.2, 0) is 10.3 Å². The standard InChI is InChI=1S/C13H17BrO2/c1-16-13(9-3-2-4-12(13)15)10-5-7-11(14)8-6-10/h5-8,12,15H,2-4,9H2,1H3/t12-,13-/m0/s1. The summed E-state index contributed by atoms with van der Waals surface area (Å²) < 4.78 is 6.70. The van der Waals surface area contributed by atoms with Crippen molar-refractivity contribution in [1.82, 2.24) is 0 Å². The van der Waals surface area contributed by atoms with Gasteiger partial charge in [0.1, 0.15) is 5.60 Å². The van der Waals surface area contributed by atoms with E-state index < -0.39 is 11.7 Å². The van der Waals surface area contributed by atoms with Crippen LogP contribution in [0.4, 0.5) is 0 Å². The number of aliphatic hydroxyl groups is 1. The third kappa shape index (κ3) is 2.04. The molecule has 0 unspecified atom stereocenters. The number of benzene rings is 1. The molecule has 1 N–H and O–H groups in total. The van der Waals surface area contributed by atoms with Crippen molar-refractivity contribution in [2.75, 3.05) is 7.11 Å². The highest BCUT2D eigenvalue weighted by atomic mass is 79.9. The number of hydrogen-bond acceptors (Lipinski definition) is 2. The van der Waals surface area contributed by atoms with E-state index >= 15 is 0 Å². The molecule has 0 amide bonds. The van der Waals surface area contributed by atoms with Gasteiger partial charge in [0.25, 0.3) is 0 Å². The van der Waals surface area contributed by atoms with Crippen molar-refractivity contribution in [2.24, 2.45) is 0 Å². The quantitative estimate of drug-likeness (QED) is 0.904. The van der Waals surface area contributed by atoms with Gasteiger partial charge in [0.2, 0.25) is 0 Å². The van der Waals surface area contributed by atoms with Gasteiger partial charge in [-0.1, -0.05) is 40.9 Å². The second-order valence-electron chi connectivity index (χ2n) is 4.36.